The quantitative estimate of drug-likeness (QED) is 0.832. The Morgan fingerprint density at radius 1 is 1.25 bits per heavy atom. The molecule has 1 aromatic carbocycles. The Kier molecular flexibility index (Phi) is 4.11. The molecule has 0 radical (unpaired) electrons. The van der Waals surface area contributed by atoms with Crippen LogP contribution in [-0.2, 0) is 11.3 Å². The summed E-state index contributed by atoms with van der Waals surface area (Å²) < 4.78 is 0. The van der Waals surface area contributed by atoms with E-state index in [0.29, 0.717) is 6.54 Å². The lowest BCUT2D eigenvalue weighted by Gasteiger charge is -2.26. The first-order valence-corrected chi connectivity index (χ1v) is 5.73. The van der Waals surface area contributed by atoms with Crippen LogP contribution in [0, 0.1) is 11.3 Å². The highest BCUT2D eigenvalue weighted by Crippen LogP contribution is 2.25. The lowest BCUT2D eigenvalue weighted by Crippen LogP contribution is -2.35. The smallest absolute Gasteiger partial charge is 0.223 e. The van der Waals surface area contributed by atoms with Crippen LogP contribution in [0.15, 0.2) is 30.3 Å². The van der Waals surface area contributed by atoms with Crippen molar-refractivity contribution < 1.29 is 4.79 Å². The number of amides is 1. The van der Waals surface area contributed by atoms with Crippen LogP contribution in [-0.4, -0.2) is 5.91 Å². The fourth-order valence-corrected chi connectivity index (χ4v) is 1.33. The van der Waals surface area contributed by atoms with Gasteiger partial charge in [-0.05, 0) is 11.0 Å². The normalized spacial score (nSPS) is 13.2. The van der Waals surface area contributed by atoms with Crippen LogP contribution in [0.25, 0.3) is 0 Å². The molecule has 2 nitrogen and oxygen atoms in total. The number of benzene rings is 1. The van der Waals surface area contributed by atoms with Crippen molar-refractivity contribution in [2.24, 2.45) is 11.3 Å². The number of hydrogen-bond acceptors (Lipinski definition) is 1. The minimum Gasteiger partial charge on any atom is -0.352 e. The fourth-order valence-electron chi connectivity index (χ4n) is 1.33. The second-order valence-corrected chi connectivity index (χ2v) is 5.29. The minimum atomic E-state index is 0.0147. The molecule has 0 bridgehead atoms. The van der Waals surface area contributed by atoms with E-state index in [9.17, 15) is 4.79 Å². The molecule has 0 heterocycles. The Hall–Kier alpha value is -1.31. The first-order valence-electron chi connectivity index (χ1n) is 5.73. The van der Waals surface area contributed by atoms with Gasteiger partial charge in [0.25, 0.3) is 0 Å². The van der Waals surface area contributed by atoms with Crippen molar-refractivity contribution in [1.29, 1.82) is 0 Å². The first-order chi connectivity index (χ1) is 7.41. The lowest BCUT2D eigenvalue weighted by molar-refractivity contribution is -0.127. The summed E-state index contributed by atoms with van der Waals surface area (Å²) in [5, 5.41) is 2.97. The summed E-state index contributed by atoms with van der Waals surface area (Å²) in [6, 6.07) is 9.97. The first kappa shape index (κ1) is 12.8. The van der Waals surface area contributed by atoms with Gasteiger partial charge in [0.05, 0.1) is 0 Å². The number of rotatable bonds is 3. The van der Waals surface area contributed by atoms with Crippen molar-refractivity contribution in [2.45, 2.75) is 34.2 Å². The van der Waals surface area contributed by atoms with Gasteiger partial charge in [0.2, 0.25) is 5.91 Å². The number of carbonyl (C=O) groups excluding carboxylic acids is 1. The van der Waals surface area contributed by atoms with Gasteiger partial charge in [-0.15, -0.1) is 0 Å². The van der Waals surface area contributed by atoms with Gasteiger partial charge >= 0.3 is 0 Å². The predicted octanol–water partition coefficient (Wildman–Crippen LogP) is 2.99. The highest BCUT2D eigenvalue weighted by molar-refractivity contribution is 5.78. The van der Waals surface area contributed by atoms with Crippen LogP contribution in [0.2, 0.25) is 0 Å². The van der Waals surface area contributed by atoms with E-state index >= 15 is 0 Å². The predicted molar refractivity (Wildman–Crippen MR) is 66.9 cm³/mol. The van der Waals surface area contributed by atoms with Gasteiger partial charge in [0.1, 0.15) is 0 Å². The van der Waals surface area contributed by atoms with Crippen molar-refractivity contribution in [2.75, 3.05) is 0 Å². The molecular weight excluding hydrogens is 198 g/mol. The van der Waals surface area contributed by atoms with E-state index in [1.54, 1.807) is 0 Å². The van der Waals surface area contributed by atoms with E-state index < -0.39 is 0 Å². The van der Waals surface area contributed by atoms with Crippen LogP contribution in [0.4, 0.5) is 0 Å². The van der Waals surface area contributed by atoms with E-state index in [-0.39, 0.29) is 17.2 Å². The molecule has 2 heteroatoms. The molecule has 1 N–H and O–H groups in total. The summed E-state index contributed by atoms with van der Waals surface area (Å²) in [5.41, 5.74) is 1.15. The third-order valence-corrected chi connectivity index (χ3v) is 3.00. The summed E-state index contributed by atoms with van der Waals surface area (Å²) in [6.07, 6.45) is 0. The SMILES string of the molecule is C[C@H](C(=O)NCc1ccccc1)C(C)(C)C. The van der Waals surface area contributed by atoms with Crippen LogP contribution in [0.1, 0.15) is 33.3 Å². The molecule has 0 aliphatic heterocycles. The second kappa shape index (κ2) is 5.15. The molecule has 1 atom stereocenters. The van der Waals surface area contributed by atoms with Crippen LogP contribution in [0.5, 0.6) is 0 Å². The number of nitrogens with one attached hydrogen (secondary N) is 1. The lowest BCUT2D eigenvalue weighted by atomic mass is 9.81. The second-order valence-electron chi connectivity index (χ2n) is 5.29. The molecule has 0 aliphatic carbocycles. The van der Waals surface area contributed by atoms with Gasteiger partial charge in [-0.3, -0.25) is 4.79 Å². The van der Waals surface area contributed by atoms with Gasteiger partial charge < -0.3 is 5.32 Å². The molecule has 88 valence electrons. The van der Waals surface area contributed by atoms with Crippen LogP contribution >= 0.6 is 0 Å². The summed E-state index contributed by atoms with van der Waals surface area (Å²) in [6.45, 7) is 8.83. The Bertz CT molecular complexity index is 338. The maximum atomic E-state index is 11.9. The molecule has 0 spiro atoms. The molecule has 0 saturated heterocycles. The highest BCUT2D eigenvalue weighted by Gasteiger charge is 2.26. The van der Waals surface area contributed by atoms with Gasteiger partial charge in [-0.1, -0.05) is 58.0 Å². The van der Waals surface area contributed by atoms with Crippen LogP contribution in [0.3, 0.4) is 0 Å². The molecule has 1 aromatic rings. The minimum absolute atomic E-state index is 0.0147. The zero-order valence-electron chi connectivity index (χ0n) is 10.6. The van der Waals surface area contributed by atoms with E-state index in [4.69, 9.17) is 0 Å². The topological polar surface area (TPSA) is 29.1 Å². The third kappa shape index (κ3) is 3.69. The zero-order chi connectivity index (χ0) is 12.2. The summed E-state index contributed by atoms with van der Waals surface area (Å²) in [7, 11) is 0. The van der Waals surface area contributed by atoms with Gasteiger partial charge in [-0.25, -0.2) is 0 Å². The van der Waals surface area contributed by atoms with E-state index in [0.717, 1.165) is 5.56 Å². The van der Waals surface area contributed by atoms with Crippen molar-refractivity contribution in [3.8, 4) is 0 Å². The number of hydrogen-bond donors (Lipinski definition) is 1. The highest BCUT2D eigenvalue weighted by atomic mass is 16.1. The Labute approximate surface area is 98.1 Å². The standard InChI is InChI=1S/C14H21NO/c1-11(14(2,3)4)13(16)15-10-12-8-6-5-7-9-12/h5-9,11H,10H2,1-4H3,(H,15,16)/t11-/m1/s1. The Morgan fingerprint density at radius 3 is 2.31 bits per heavy atom. The van der Waals surface area contributed by atoms with Crippen molar-refractivity contribution in [3.05, 3.63) is 35.9 Å². The monoisotopic (exact) mass is 219 g/mol. The zero-order valence-corrected chi connectivity index (χ0v) is 10.6. The Balaban J connectivity index is 2.48. The summed E-state index contributed by atoms with van der Waals surface area (Å²) in [4.78, 5) is 11.9. The number of carbonyl (C=O) groups is 1. The molecule has 0 saturated carbocycles. The molecule has 1 rings (SSSR count). The third-order valence-electron chi connectivity index (χ3n) is 3.00. The molecule has 0 aromatic heterocycles. The average Bonchev–Trinajstić information content (AvgIpc) is 2.25. The maximum Gasteiger partial charge on any atom is 0.223 e. The van der Waals surface area contributed by atoms with Crippen molar-refractivity contribution in [3.63, 3.8) is 0 Å². The fraction of sp³-hybridized carbons (Fsp3) is 0.500. The van der Waals surface area contributed by atoms with Gasteiger partial charge in [0.15, 0.2) is 0 Å². The largest absolute Gasteiger partial charge is 0.352 e. The molecule has 0 aliphatic rings. The molecular formula is C14H21NO. The van der Waals surface area contributed by atoms with Gasteiger partial charge in [-0.2, -0.15) is 0 Å². The van der Waals surface area contributed by atoms with E-state index in [1.807, 2.05) is 37.3 Å². The summed E-state index contributed by atoms with van der Waals surface area (Å²) >= 11 is 0. The maximum absolute atomic E-state index is 11.9. The molecule has 1 amide bonds. The van der Waals surface area contributed by atoms with Gasteiger partial charge in [0, 0.05) is 12.5 Å². The van der Waals surface area contributed by atoms with E-state index in [2.05, 4.69) is 26.1 Å². The van der Waals surface area contributed by atoms with Crippen LogP contribution < -0.4 is 5.32 Å². The Morgan fingerprint density at radius 2 is 1.81 bits per heavy atom. The summed E-state index contributed by atoms with van der Waals surface area (Å²) in [5.74, 6) is 0.146. The molecule has 16 heavy (non-hydrogen) atoms. The average molecular weight is 219 g/mol. The van der Waals surface area contributed by atoms with Crippen molar-refractivity contribution >= 4 is 5.91 Å². The van der Waals surface area contributed by atoms with E-state index in [1.165, 1.54) is 0 Å². The molecule has 0 unspecified atom stereocenters. The molecule has 0 fully saturated rings. The van der Waals surface area contributed by atoms with Crippen molar-refractivity contribution in [1.82, 2.24) is 5.32 Å².